The lowest BCUT2D eigenvalue weighted by Gasteiger charge is -2.37. The van der Waals surface area contributed by atoms with E-state index >= 15 is 0 Å². The quantitative estimate of drug-likeness (QED) is 0.732. The summed E-state index contributed by atoms with van der Waals surface area (Å²) in [6, 6.07) is -0.0392. The number of likely N-dealkylation sites (tertiary alicyclic amines) is 1. The first-order valence-corrected chi connectivity index (χ1v) is 6.33. The van der Waals surface area contributed by atoms with Crippen LogP contribution in [-0.2, 0) is 4.79 Å². The number of carbonyl (C=O) groups excluding carboxylic acids is 1. The van der Waals surface area contributed by atoms with E-state index in [1.54, 1.807) is 0 Å². The summed E-state index contributed by atoms with van der Waals surface area (Å²) < 4.78 is 25.2. The molecule has 6 heteroatoms. The molecule has 0 radical (unpaired) electrons. The largest absolute Gasteiger partial charge is 0.333 e. The lowest BCUT2D eigenvalue weighted by Crippen LogP contribution is -2.50. The van der Waals surface area contributed by atoms with Crippen molar-refractivity contribution in [3.63, 3.8) is 0 Å². The SMILES string of the molecule is CN(C)CCN(C(=O)C(F)F)C1CCN(C)CC1. The van der Waals surface area contributed by atoms with Crippen molar-refractivity contribution in [2.75, 3.05) is 47.3 Å². The van der Waals surface area contributed by atoms with E-state index in [-0.39, 0.29) is 6.04 Å². The minimum absolute atomic E-state index is 0.0392. The van der Waals surface area contributed by atoms with Gasteiger partial charge in [-0.15, -0.1) is 0 Å². The number of halogens is 2. The molecule has 1 heterocycles. The highest BCUT2D eigenvalue weighted by molar-refractivity contribution is 5.79. The van der Waals surface area contributed by atoms with Gasteiger partial charge >= 0.3 is 6.43 Å². The molecule has 1 saturated heterocycles. The summed E-state index contributed by atoms with van der Waals surface area (Å²) in [6.07, 6.45) is -1.34. The van der Waals surface area contributed by atoms with Crippen LogP contribution in [0.15, 0.2) is 0 Å². The molecule has 0 unspecified atom stereocenters. The number of hydrogen-bond acceptors (Lipinski definition) is 3. The van der Waals surface area contributed by atoms with Crippen LogP contribution in [-0.4, -0.2) is 80.4 Å². The van der Waals surface area contributed by atoms with Crippen molar-refractivity contribution in [2.24, 2.45) is 0 Å². The van der Waals surface area contributed by atoms with Gasteiger partial charge < -0.3 is 14.7 Å². The molecule has 0 spiro atoms. The number of nitrogens with zero attached hydrogens (tertiary/aromatic N) is 3. The molecule has 0 atom stereocenters. The van der Waals surface area contributed by atoms with Gasteiger partial charge in [0, 0.05) is 19.1 Å². The first-order valence-electron chi connectivity index (χ1n) is 6.33. The fourth-order valence-electron chi connectivity index (χ4n) is 2.21. The van der Waals surface area contributed by atoms with E-state index in [0.717, 1.165) is 25.9 Å². The molecule has 0 aromatic carbocycles. The summed E-state index contributed by atoms with van der Waals surface area (Å²) in [5, 5.41) is 0. The highest BCUT2D eigenvalue weighted by atomic mass is 19.3. The van der Waals surface area contributed by atoms with Gasteiger partial charge in [0.1, 0.15) is 0 Å². The van der Waals surface area contributed by atoms with Gasteiger partial charge in [0.15, 0.2) is 0 Å². The van der Waals surface area contributed by atoms with Gasteiger partial charge in [-0.3, -0.25) is 4.79 Å². The molecule has 4 nitrogen and oxygen atoms in total. The standard InChI is InChI=1S/C12H23F2N3O/c1-15(2)8-9-17(12(18)11(13)14)10-4-6-16(3)7-5-10/h10-11H,4-9H2,1-3H3. The van der Waals surface area contributed by atoms with Crippen LogP contribution in [0.4, 0.5) is 8.78 Å². The maximum absolute atomic E-state index is 12.6. The third-order valence-corrected chi connectivity index (χ3v) is 3.39. The van der Waals surface area contributed by atoms with Crippen LogP contribution in [0.25, 0.3) is 0 Å². The predicted molar refractivity (Wildman–Crippen MR) is 66.8 cm³/mol. The molecule has 1 amide bonds. The van der Waals surface area contributed by atoms with E-state index in [4.69, 9.17) is 0 Å². The molecule has 106 valence electrons. The van der Waals surface area contributed by atoms with Crippen LogP contribution in [0.1, 0.15) is 12.8 Å². The van der Waals surface area contributed by atoms with Gasteiger partial charge in [0.05, 0.1) is 0 Å². The van der Waals surface area contributed by atoms with E-state index < -0.39 is 12.3 Å². The Morgan fingerprint density at radius 2 is 1.83 bits per heavy atom. The van der Waals surface area contributed by atoms with Crippen molar-refractivity contribution < 1.29 is 13.6 Å². The molecule has 0 aliphatic carbocycles. The van der Waals surface area contributed by atoms with E-state index in [0.29, 0.717) is 13.1 Å². The predicted octanol–water partition coefficient (Wildman–Crippen LogP) is 0.736. The zero-order chi connectivity index (χ0) is 13.7. The summed E-state index contributed by atoms with van der Waals surface area (Å²) in [5.74, 6) is -1.02. The van der Waals surface area contributed by atoms with Gasteiger partial charge in [-0.2, -0.15) is 8.78 Å². The van der Waals surface area contributed by atoms with Crippen molar-refractivity contribution in [3.8, 4) is 0 Å². The molecule has 0 aromatic rings. The van der Waals surface area contributed by atoms with E-state index in [1.807, 2.05) is 26.0 Å². The first kappa shape index (κ1) is 15.3. The summed E-state index contributed by atoms with van der Waals surface area (Å²) >= 11 is 0. The number of likely N-dealkylation sites (N-methyl/N-ethyl adjacent to an activating group) is 1. The van der Waals surface area contributed by atoms with Crippen LogP contribution in [0.2, 0.25) is 0 Å². The Kier molecular flexibility index (Phi) is 5.95. The Hall–Kier alpha value is -0.750. The Morgan fingerprint density at radius 3 is 2.28 bits per heavy atom. The highest BCUT2D eigenvalue weighted by Gasteiger charge is 2.31. The van der Waals surface area contributed by atoms with Gasteiger partial charge in [-0.1, -0.05) is 0 Å². The Morgan fingerprint density at radius 1 is 1.28 bits per heavy atom. The number of amides is 1. The number of hydrogen-bond donors (Lipinski definition) is 0. The Labute approximate surface area is 108 Å². The third kappa shape index (κ3) is 4.49. The molecular formula is C12H23F2N3O. The van der Waals surface area contributed by atoms with Gasteiger partial charge in [0.2, 0.25) is 0 Å². The normalized spacial score (nSPS) is 18.6. The van der Waals surface area contributed by atoms with Crippen molar-refractivity contribution in [2.45, 2.75) is 25.3 Å². The molecular weight excluding hydrogens is 240 g/mol. The molecule has 0 saturated carbocycles. The highest BCUT2D eigenvalue weighted by Crippen LogP contribution is 2.17. The third-order valence-electron chi connectivity index (χ3n) is 3.39. The molecule has 1 fully saturated rings. The maximum Gasteiger partial charge on any atom is 0.315 e. The molecule has 1 rings (SSSR count). The molecule has 18 heavy (non-hydrogen) atoms. The minimum atomic E-state index is -2.90. The summed E-state index contributed by atoms with van der Waals surface area (Å²) in [5.41, 5.74) is 0. The van der Waals surface area contributed by atoms with Crippen LogP contribution >= 0.6 is 0 Å². The second-order valence-corrected chi connectivity index (χ2v) is 5.17. The lowest BCUT2D eigenvalue weighted by molar-refractivity contribution is -0.146. The maximum atomic E-state index is 12.6. The molecule has 0 bridgehead atoms. The van der Waals surface area contributed by atoms with Crippen LogP contribution in [0.5, 0.6) is 0 Å². The monoisotopic (exact) mass is 263 g/mol. The fourth-order valence-corrected chi connectivity index (χ4v) is 2.21. The van der Waals surface area contributed by atoms with Crippen molar-refractivity contribution in [1.82, 2.24) is 14.7 Å². The van der Waals surface area contributed by atoms with Gasteiger partial charge in [-0.25, -0.2) is 0 Å². The van der Waals surface area contributed by atoms with E-state index in [2.05, 4.69) is 4.90 Å². The van der Waals surface area contributed by atoms with Crippen LogP contribution < -0.4 is 0 Å². The summed E-state index contributed by atoms with van der Waals surface area (Å²) in [4.78, 5) is 17.0. The zero-order valence-electron chi connectivity index (χ0n) is 11.4. The fraction of sp³-hybridized carbons (Fsp3) is 0.917. The van der Waals surface area contributed by atoms with E-state index in [1.165, 1.54) is 4.90 Å². The molecule has 1 aliphatic heterocycles. The summed E-state index contributed by atoms with van der Waals surface area (Å²) in [7, 11) is 5.76. The van der Waals surface area contributed by atoms with Gasteiger partial charge in [-0.05, 0) is 47.1 Å². The zero-order valence-corrected chi connectivity index (χ0v) is 11.4. The first-order chi connectivity index (χ1) is 8.41. The second kappa shape index (κ2) is 6.99. The Balaban J connectivity index is 2.61. The number of rotatable bonds is 5. The topological polar surface area (TPSA) is 26.8 Å². The van der Waals surface area contributed by atoms with Crippen LogP contribution in [0, 0.1) is 0 Å². The lowest BCUT2D eigenvalue weighted by atomic mass is 10.0. The average Bonchev–Trinajstić information content (AvgIpc) is 2.30. The smallest absolute Gasteiger partial charge is 0.315 e. The minimum Gasteiger partial charge on any atom is -0.333 e. The van der Waals surface area contributed by atoms with Gasteiger partial charge in [0.25, 0.3) is 5.91 Å². The van der Waals surface area contributed by atoms with E-state index in [9.17, 15) is 13.6 Å². The second-order valence-electron chi connectivity index (χ2n) is 5.17. The number of piperidine rings is 1. The number of alkyl halides is 2. The van der Waals surface area contributed by atoms with Crippen molar-refractivity contribution >= 4 is 5.91 Å². The molecule has 0 aromatic heterocycles. The van der Waals surface area contributed by atoms with Crippen molar-refractivity contribution in [3.05, 3.63) is 0 Å². The number of carbonyl (C=O) groups is 1. The average molecular weight is 263 g/mol. The summed E-state index contributed by atoms with van der Waals surface area (Å²) in [6.45, 7) is 2.72. The van der Waals surface area contributed by atoms with Crippen molar-refractivity contribution in [1.29, 1.82) is 0 Å². The molecule has 1 aliphatic rings. The molecule has 0 N–H and O–H groups in total. The van der Waals surface area contributed by atoms with Crippen LogP contribution in [0.3, 0.4) is 0 Å². The Bertz CT molecular complexity index is 266.